The van der Waals surface area contributed by atoms with Crippen molar-refractivity contribution in [2.45, 2.75) is 18.7 Å². The summed E-state index contributed by atoms with van der Waals surface area (Å²) >= 11 is 0. The molecule has 28 heavy (non-hydrogen) atoms. The van der Waals surface area contributed by atoms with E-state index >= 15 is 0 Å². The van der Waals surface area contributed by atoms with Gasteiger partial charge in [0.2, 0.25) is 15.9 Å². The second kappa shape index (κ2) is 8.26. The number of hydrogen-bond acceptors (Lipinski definition) is 5. The van der Waals surface area contributed by atoms with Crippen molar-refractivity contribution in [2.75, 3.05) is 24.2 Å². The van der Waals surface area contributed by atoms with E-state index in [0.29, 0.717) is 16.8 Å². The minimum absolute atomic E-state index is 0.0182. The Morgan fingerprint density at radius 2 is 1.93 bits per heavy atom. The van der Waals surface area contributed by atoms with Gasteiger partial charge >= 0.3 is 0 Å². The van der Waals surface area contributed by atoms with Crippen molar-refractivity contribution in [3.8, 4) is 0 Å². The number of hydrogen-bond donors (Lipinski definition) is 2. The summed E-state index contributed by atoms with van der Waals surface area (Å²) in [6, 6.07) is 11.6. The second-order valence-electron chi connectivity index (χ2n) is 6.64. The van der Waals surface area contributed by atoms with Gasteiger partial charge in [0.1, 0.15) is 18.5 Å². The molecule has 0 aliphatic carbocycles. The molecule has 0 aromatic heterocycles. The number of carbonyl (C=O) groups is 1. The molecule has 9 heteroatoms. The smallest absolute Gasteiger partial charge is 0.249 e. The average molecular weight is 408 g/mol. The minimum Gasteiger partial charge on any atom is -0.386 e. The zero-order valence-electron chi connectivity index (χ0n) is 15.2. The largest absolute Gasteiger partial charge is 0.386 e. The maximum Gasteiger partial charge on any atom is 0.249 e. The zero-order valence-corrected chi connectivity index (χ0v) is 16.0. The van der Waals surface area contributed by atoms with Crippen molar-refractivity contribution < 1.29 is 27.4 Å². The first-order chi connectivity index (χ1) is 13.2. The molecule has 3 rings (SSSR count). The molecule has 0 bridgehead atoms. The molecule has 0 saturated carbocycles. The predicted octanol–water partition coefficient (Wildman–Crippen LogP) is 1.66. The van der Waals surface area contributed by atoms with Gasteiger partial charge in [-0.1, -0.05) is 30.3 Å². The van der Waals surface area contributed by atoms with E-state index in [1.807, 2.05) is 0 Å². The number of nitrogens with one attached hydrogen (secondary N) is 1. The van der Waals surface area contributed by atoms with Crippen LogP contribution in [0.15, 0.2) is 48.5 Å². The average Bonchev–Trinajstić information content (AvgIpc) is 2.64. The van der Waals surface area contributed by atoms with Gasteiger partial charge in [-0.05, 0) is 23.8 Å². The Labute approximate surface area is 162 Å². The number of sulfonamides is 1. The number of benzene rings is 2. The van der Waals surface area contributed by atoms with Crippen molar-refractivity contribution >= 4 is 21.6 Å². The van der Waals surface area contributed by atoms with Crippen molar-refractivity contribution in [3.05, 3.63) is 65.5 Å². The van der Waals surface area contributed by atoms with Gasteiger partial charge in [0.25, 0.3) is 0 Å². The molecule has 1 fully saturated rings. The van der Waals surface area contributed by atoms with Crippen LogP contribution in [0.3, 0.4) is 0 Å². The number of ether oxygens (including phenoxy) is 1. The second-order valence-corrected chi connectivity index (χ2v) is 8.39. The number of rotatable bonds is 6. The summed E-state index contributed by atoms with van der Waals surface area (Å²) < 4.78 is 44.2. The molecule has 0 unspecified atom stereocenters. The van der Waals surface area contributed by atoms with Crippen LogP contribution >= 0.6 is 0 Å². The van der Waals surface area contributed by atoms with Crippen LogP contribution in [0, 0.1) is 5.82 Å². The number of carbonyl (C=O) groups excluding carboxylic acids is 1. The SMILES string of the molecule is CS(=O)(=O)Nc1ccc([C@@H](O)[C@H]2COCC(=O)N2Cc2ccccc2F)cc1. The first-order valence-electron chi connectivity index (χ1n) is 8.61. The predicted molar refractivity (Wildman–Crippen MR) is 101 cm³/mol. The summed E-state index contributed by atoms with van der Waals surface area (Å²) in [7, 11) is -3.41. The quantitative estimate of drug-likeness (QED) is 0.758. The number of amides is 1. The molecule has 1 aliphatic rings. The Bertz CT molecular complexity index is 949. The fraction of sp³-hybridized carbons (Fsp3) is 0.316. The van der Waals surface area contributed by atoms with Crippen LogP contribution in [0.1, 0.15) is 17.2 Å². The maximum absolute atomic E-state index is 14.0. The van der Waals surface area contributed by atoms with Crippen molar-refractivity contribution in [2.24, 2.45) is 0 Å². The van der Waals surface area contributed by atoms with Gasteiger partial charge in [-0.2, -0.15) is 0 Å². The van der Waals surface area contributed by atoms with E-state index in [9.17, 15) is 22.7 Å². The fourth-order valence-electron chi connectivity index (χ4n) is 3.09. The lowest BCUT2D eigenvalue weighted by atomic mass is 9.99. The number of halogens is 1. The van der Waals surface area contributed by atoms with Gasteiger partial charge in [0.15, 0.2) is 0 Å². The van der Waals surface area contributed by atoms with E-state index in [2.05, 4.69) is 4.72 Å². The summed E-state index contributed by atoms with van der Waals surface area (Å²) in [5, 5.41) is 10.8. The van der Waals surface area contributed by atoms with Crippen LogP contribution in [-0.4, -0.2) is 49.8 Å². The van der Waals surface area contributed by atoms with Gasteiger partial charge in [-0.3, -0.25) is 9.52 Å². The number of anilines is 1. The standard InChI is InChI=1S/C19H21FN2O5S/c1-28(25,26)21-15-8-6-13(7-9-15)19(24)17-11-27-12-18(23)22(17)10-14-4-2-3-5-16(14)20/h2-9,17,19,21,24H,10-12H2,1H3/t17-,19-/m1/s1. The van der Waals surface area contributed by atoms with Crippen molar-refractivity contribution in [1.82, 2.24) is 4.90 Å². The van der Waals surface area contributed by atoms with Gasteiger partial charge < -0.3 is 14.7 Å². The number of morpholine rings is 1. The Kier molecular flexibility index (Phi) is 5.97. The first kappa shape index (κ1) is 20.2. The monoisotopic (exact) mass is 408 g/mol. The molecule has 150 valence electrons. The molecule has 0 radical (unpaired) electrons. The normalized spacial score (nSPS) is 18.8. The highest BCUT2D eigenvalue weighted by molar-refractivity contribution is 7.92. The Balaban J connectivity index is 1.80. The highest BCUT2D eigenvalue weighted by atomic mass is 32.2. The fourth-order valence-corrected chi connectivity index (χ4v) is 3.65. The topological polar surface area (TPSA) is 95.9 Å². The van der Waals surface area contributed by atoms with Crippen molar-refractivity contribution in [3.63, 3.8) is 0 Å². The van der Waals surface area contributed by atoms with E-state index in [4.69, 9.17) is 4.74 Å². The third-order valence-electron chi connectivity index (χ3n) is 4.45. The van der Waals surface area contributed by atoms with E-state index in [-0.39, 0.29) is 25.7 Å². The lowest BCUT2D eigenvalue weighted by molar-refractivity contribution is -0.155. The summed E-state index contributed by atoms with van der Waals surface area (Å²) in [6.45, 7) is -0.0100. The van der Waals surface area contributed by atoms with E-state index in [0.717, 1.165) is 6.26 Å². The third-order valence-corrected chi connectivity index (χ3v) is 5.06. The van der Waals surface area contributed by atoms with Crippen LogP contribution in [0.5, 0.6) is 0 Å². The summed E-state index contributed by atoms with van der Waals surface area (Å²) in [5.74, 6) is -0.764. The van der Waals surface area contributed by atoms with Crippen LogP contribution in [0.4, 0.5) is 10.1 Å². The summed E-state index contributed by atoms with van der Waals surface area (Å²) in [4.78, 5) is 13.8. The Hall–Kier alpha value is -2.49. The van der Waals surface area contributed by atoms with E-state index in [1.54, 1.807) is 30.3 Å². The molecule has 1 heterocycles. The molecule has 1 saturated heterocycles. The number of aliphatic hydroxyl groups is 1. The maximum atomic E-state index is 14.0. The highest BCUT2D eigenvalue weighted by Gasteiger charge is 2.35. The molecule has 2 aromatic carbocycles. The molecule has 1 aliphatic heterocycles. The molecule has 2 N–H and O–H groups in total. The van der Waals surface area contributed by atoms with Crippen LogP contribution in [-0.2, 0) is 26.1 Å². The van der Waals surface area contributed by atoms with Gasteiger partial charge in [-0.25, -0.2) is 12.8 Å². The molecular formula is C19H21FN2O5S. The molecule has 2 aromatic rings. The van der Waals surface area contributed by atoms with Crippen LogP contribution in [0.25, 0.3) is 0 Å². The minimum atomic E-state index is -3.41. The number of aliphatic hydroxyl groups excluding tert-OH is 1. The lowest BCUT2D eigenvalue weighted by Gasteiger charge is -2.38. The first-order valence-corrected chi connectivity index (χ1v) is 10.5. The lowest BCUT2D eigenvalue weighted by Crippen LogP contribution is -2.51. The van der Waals surface area contributed by atoms with Crippen LogP contribution < -0.4 is 4.72 Å². The van der Waals surface area contributed by atoms with Gasteiger partial charge in [-0.15, -0.1) is 0 Å². The summed E-state index contributed by atoms with van der Waals surface area (Å²) in [6.07, 6.45) is -0.0373. The molecule has 2 atom stereocenters. The Morgan fingerprint density at radius 1 is 1.25 bits per heavy atom. The third kappa shape index (κ3) is 4.86. The van der Waals surface area contributed by atoms with Crippen molar-refractivity contribution in [1.29, 1.82) is 0 Å². The zero-order chi connectivity index (χ0) is 20.3. The molecule has 0 spiro atoms. The van der Waals surface area contributed by atoms with E-state index < -0.39 is 28.0 Å². The summed E-state index contributed by atoms with van der Waals surface area (Å²) in [5.41, 5.74) is 1.20. The highest BCUT2D eigenvalue weighted by Crippen LogP contribution is 2.27. The molecule has 1 amide bonds. The Morgan fingerprint density at radius 3 is 2.57 bits per heavy atom. The number of nitrogens with zero attached hydrogens (tertiary/aromatic N) is 1. The van der Waals surface area contributed by atoms with Crippen LogP contribution in [0.2, 0.25) is 0 Å². The van der Waals surface area contributed by atoms with Gasteiger partial charge in [0.05, 0.1) is 18.9 Å². The molecule has 7 nitrogen and oxygen atoms in total. The molecular weight excluding hydrogens is 387 g/mol. The van der Waals surface area contributed by atoms with Gasteiger partial charge in [0, 0.05) is 17.8 Å². The van der Waals surface area contributed by atoms with E-state index in [1.165, 1.54) is 23.1 Å².